The van der Waals surface area contributed by atoms with Crippen molar-refractivity contribution in [3.63, 3.8) is 0 Å². The molecule has 1 aromatic carbocycles. The number of thiazole rings is 1. The Morgan fingerprint density at radius 2 is 2.09 bits per heavy atom. The highest BCUT2D eigenvalue weighted by Gasteiger charge is 2.14. The molecule has 6 heteroatoms. The van der Waals surface area contributed by atoms with Crippen molar-refractivity contribution in [3.8, 4) is 5.69 Å². The fourth-order valence-electron chi connectivity index (χ4n) is 2.71. The molecule has 1 aliphatic heterocycles. The van der Waals surface area contributed by atoms with Crippen molar-refractivity contribution in [1.82, 2.24) is 14.8 Å². The molecule has 0 unspecified atom stereocenters. The van der Waals surface area contributed by atoms with Gasteiger partial charge in [0.15, 0.2) is 5.13 Å². The zero-order chi connectivity index (χ0) is 15.5. The second kappa shape index (κ2) is 6.52. The Labute approximate surface area is 139 Å². The summed E-state index contributed by atoms with van der Waals surface area (Å²) in [4.78, 5) is 8.16. The number of ether oxygens (including phenoxy) is 1. The molecule has 0 bridgehead atoms. The minimum Gasteiger partial charge on any atom is -0.378 e. The Morgan fingerprint density at radius 3 is 2.91 bits per heavy atom. The minimum atomic E-state index is 0.792. The van der Waals surface area contributed by atoms with Gasteiger partial charge in [0.1, 0.15) is 0 Å². The van der Waals surface area contributed by atoms with Gasteiger partial charge < -0.3 is 9.64 Å². The molecule has 3 heterocycles. The first-order chi connectivity index (χ1) is 11.4. The first kappa shape index (κ1) is 14.4. The van der Waals surface area contributed by atoms with Gasteiger partial charge >= 0.3 is 0 Å². The molecule has 1 saturated heterocycles. The molecule has 0 saturated carbocycles. The number of hydrogen-bond acceptors (Lipinski definition) is 5. The maximum atomic E-state index is 5.40. The van der Waals surface area contributed by atoms with Gasteiger partial charge in [-0.3, -0.25) is 0 Å². The molecule has 0 radical (unpaired) electrons. The molecule has 0 aliphatic carbocycles. The highest BCUT2D eigenvalue weighted by atomic mass is 32.1. The van der Waals surface area contributed by atoms with E-state index in [0.717, 1.165) is 43.5 Å². The molecule has 4 rings (SSSR count). The number of anilines is 1. The van der Waals surface area contributed by atoms with Gasteiger partial charge in [0.25, 0.3) is 0 Å². The number of hydrogen-bond donors (Lipinski definition) is 0. The predicted molar refractivity (Wildman–Crippen MR) is 91.5 cm³/mol. The molecule has 5 nitrogen and oxygen atoms in total. The van der Waals surface area contributed by atoms with E-state index in [1.54, 1.807) is 17.5 Å². The van der Waals surface area contributed by atoms with Crippen LogP contribution in [0.25, 0.3) is 5.69 Å². The Bertz CT molecular complexity index is 763. The Morgan fingerprint density at radius 1 is 1.17 bits per heavy atom. The van der Waals surface area contributed by atoms with Crippen molar-refractivity contribution in [2.45, 2.75) is 6.42 Å². The number of rotatable bonds is 4. The molecule has 0 spiro atoms. The molecule has 0 N–H and O–H groups in total. The van der Waals surface area contributed by atoms with E-state index in [1.807, 2.05) is 23.1 Å². The van der Waals surface area contributed by atoms with Crippen molar-refractivity contribution in [3.05, 3.63) is 59.4 Å². The van der Waals surface area contributed by atoms with Crippen LogP contribution in [0.1, 0.15) is 10.4 Å². The lowest BCUT2D eigenvalue weighted by atomic mass is 10.1. The lowest BCUT2D eigenvalue weighted by Gasteiger charge is -2.25. The van der Waals surface area contributed by atoms with Gasteiger partial charge in [-0.15, -0.1) is 11.3 Å². The Hall–Kier alpha value is -2.18. The number of morpholine rings is 1. The van der Waals surface area contributed by atoms with Gasteiger partial charge in [-0.05, 0) is 23.8 Å². The molecule has 1 aliphatic rings. The van der Waals surface area contributed by atoms with Crippen LogP contribution in [0.3, 0.4) is 0 Å². The topological polar surface area (TPSA) is 43.2 Å². The van der Waals surface area contributed by atoms with Gasteiger partial charge in [0.05, 0.1) is 18.9 Å². The zero-order valence-corrected chi connectivity index (χ0v) is 13.6. The van der Waals surface area contributed by atoms with Crippen LogP contribution in [0.2, 0.25) is 0 Å². The Balaban J connectivity index is 1.50. The summed E-state index contributed by atoms with van der Waals surface area (Å²) in [7, 11) is 0. The fourth-order valence-corrected chi connectivity index (χ4v) is 3.71. The van der Waals surface area contributed by atoms with E-state index in [2.05, 4.69) is 39.2 Å². The third kappa shape index (κ3) is 3.28. The maximum Gasteiger partial charge on any atom is 0.185 e. The van der Waals surface area contributed by atoms with Crippen LogP contribution in [0, 0.1) is 0 Å². The van der Waals surface area contributed by atoms with E-state index in [1.165, 1.54) is 10.4 Å². The molecule has 23 heavy (non-hydrogen) atoms. The molecule has 3 aromatic rings. The minimum absolute atomic E-state index is 0.792. The summed E-state index contributed by atoms with van der Waals surface area (Å²) in [6, 6.07) is 10.4. The van der Waals surface area contributed by atoms with Gasteiger partial charge in [-0.25, -0.2) is 9.67 Å². The third-order valence-corrected chi connectivity index (χ3v) is 4.94. The lowest BCUT2D eigenvalue weighted by molar-refractivity contribution is 0.122. The maximum absolute atomic E-state index is 5.40. The second-order valence-corrected chi connectivity index (χ2v) is 6.60. The fraction of sp³-hybridized carbons (Fsp3) is 0.294. The molecular weight excluding hydrogens is 308 g/mol. The van der Waals surface area contributed by atoms with Crippen molar-refractivity contribution in [2.24, 2.45) is 0 Å². The largest absolute Gasteiger partial charge is 0.378 e. The Kier molecular flexibility index (Phi) is 4.08. The van der Waals surface area contributed by atoms with E-state index in [4.69, 9.17) is 4.74 Å². The number of aromatic nitrogens is 3. The van der Waals surface area contributed by atoms with Gasteiger partial charge in [-0.1, -0.05) is 12.1 Å². The quantitative estimate of drug-likeness (QED) is 0.739. The van der Waals surface area contributed by atoms with Crippen molar-refractivity contribution < 1.29 is 4.74 Å². The summed E-state index contributed by atoms with van der Waals surface area (Å²) in [5.74, 6) is 0. The van der Waals surface area contributed by atoms with Crippen LogP contribution < -0.4 is 4.90 Å². The monoisotopic (exact) mass is 326 g/mol. The van der Waals surface area contributed by atoms with Crippen molar-refractivity contribution >= 4 is 16.5 Å². The predicted octanol–water partition coefficient (Wildman–Crippen LogP) is 2.76. The SMILES string of the molecule is c1cc(Cc2cnc(N3CCOCC3)s2)cc(-n2cccn2)c1. The van der Waals surface area contributed by atoms with Crippen LogP contribution in [-0.2, 0) is 11.2 Å². The number of benzene rings is 1. The first-order valence-electron chi connectivity index (χ1n) is 7.75. The average Bonchev–Trinajstić information content (AvgIpc) is 3.28. The molecule has 2 aromatic heterocycles. The van der Waals surface area contributed by atoms with E-state index in [0.29, 0.717) is 0 Å². The smallest absolute Gasteiger partial charge is 0.185 e. The highest BCUT2D eigenvalue weighted by molar-refractivity contribution is 7.15. The number of nitrogens with zero attached hydrogens (tertiary/aromatic N) is 4. The van der Waals surface area contributed by atoms with Crippen molar-refractivity contribution in [1.29, 1.82) is 0 Å². The van der Waals surface area contributed by atoms with Crippen LogP contribution in [0.15, 0.2) is 48.9 Å². The first-order valence-corrected chi connectivity index (χ1v) is 8.56. The molecule has 1 fully saturated rings. The zero-order valence-electron chi connectivity index (χ0n) is 12.8. The van der Waals surface area contributed by atoms with E-state index < -0.39 is 0 Å². The normalized spacial score (nSPS) is 15.0. The van der Waals surface area contributed by atoms with E-state index in [9.17, 15) is 0 Å². The summed E-state index contributed by atoms with van der Waals surface area (Å²) < 4.78 is 7.28. The summed E-state index contributed by atoms with van der Waals surface area (Å²) in [6.07, 6.45) is 6.65. The lowest BCUT2D eigenvalue weighted by Crippen LogP contribution is -2.36. The summed E-state index contributed by atoms with van der Waals surface area (Å²) in [6.45, 7) is 3.45. The van der Waals surface area contributed by atoms with Gasteiger partial charge in [0, 0.05) is 43.0 Å². The van der Waals surface area contributed by atoms with Crippen LogP contribution >= 0.6 is 11.3 Å². The third-order valence-electron chi connectivity index (χ3n) is 3.88. The standard InChI is InChI=1S/C17H18N4OS/c1-3-14(11-15(4-1)21-6-2-5-19-21)12-16-13-18-17(23-16)20-7-9-22-10-8-20/h1-6,11,13H,7-10,12H2. The summed E-state index contributed by atoms with van der Waals surface area (Å²) in [5, 5.41) is 5.39. The highest BCUT2D eigenvalue weighted by Crippen LogP contribution is 2.25. The van der Waals surface area contributed by atoms with E-state index in [-0.39, 0.29) is 0 Å². The van der Waals surface area contributed by atoms with Crippen molar-refractivity contribution in [2.75, 3.05) is 31.2 Å². The molecule has 0 amide bonds. The average molecular weight is 326 g/mol. The summed E-state index contributed by atoms with van der Waals surface area (Å²) >= 11 is 1.77. The summed E-state index contributed by atoms with van der Waals surface area (Å²) in [5.41, 5.74) is 2.36. The van der Waals surface area contributed by atoms with Gasteiger partial charge in [-0.2, -0.15) is 5.10 Å². The van der Waals surface area contributed by atoms with Crippen LogP contribution in [0.5, 0.6) is 0 Å². The molecule has 118 valence electrons. The second-order valence-electron chi connectivity index (χ2n) is 5.51. The van der Waals surface area contributed by atoms with E-state index >= 15 is 0 Å². The molecular formula is C17H18N4OS. The van der Waals surface area contributed by atoms with Crippen LogP contribution in [0.4, 0.5) is 5.13 Å². The van der Waals surface area contributed by atoms with Crippen LogP contribution in [-0.4, -0.2) is 41.1 Å². The molecule has 0 atom stereocenters. The van der Waals surface area contributed by atoms with Gasteiger partial charge in [0.2, 0.25) is 0 Å².